The second-order valence-corrected chi connectivity index (χ2v) is 3.92. The number of carboxylic acid groups (broad SMARTS) is 1. The first-order chi connectivity index (χ1) is 7.59. The van der Waals surface area contributed by atoms with Crippen molar-refractivity contribution in [3.05, 3.63) is 30.3 Å². The molecule has 2 N–H and O–H groups in total. The Bertz CT molecular complexity index is 370. The van der Waals surface area contributed by atoms with Crippen LogP contribution in [0.3, 0.4) is 0 Å². The molecule has 0 saturated heterocycles. The van der Waals surface area contributed by atoms with E-state index in [1.165, 1.54) is 5.01 Å². The predicted molar refractivity (Wildman–Crippen MR) is 63.5 cm³/mol. The fourth-order valence-electron chi connectivity index (χ4n) is 1.01. The number of carbonyl (C=O) groups excluding carboxylic acids is 1. The van der Waals surface area contributed by atoms with Gasteiger partial charge in [-0.15, -0.1) is 0 Å². The number of para-hydroxylation sites is 1. The van der Waals surface area contributed by atoms with E-state index in [1.54, 1.807) is 7.05 Å². The molecule has 0 saturated carbocycles. The maximum Gasteiger partial charge on any atom is 0.314 e. The maximum absolute atomic E-state index is 11.3. The summed E-state index contributed by atoms with van der Waals surface area (Å²) in [5.41, 5.74) is 3.37. The van der Waals surface area contributed by atoms with Gasteiger partial charge in [0, 0.05) is 7.05 Å². The number of hydrogen-bond donors (Lipinski definition) is 2. The fourth-order valence-corrected chi connectivity index (χ4v) is 1.47. The standard InChI is InChI=1S/C10H12N2O3S/c1-12(8-5-3-2-4-6-8)11-10(15)16-7-9(13)14/h2-6H,7H2,1H3,(H,11,15)(H,13,14). The minimum absolute atomic E-state index is 0.242. The van der Waals surface area contributed by atoms with Gasteiger partial charge in [0.25, 0.3) is 5.24 Å². The summed E-state index contributed by atoms with van der Waals surface area (Å²) in [5, 5.41) is 9.54. The van der Waals surface area contributed by atoms with Gasteiger partial charge in [0.15, 0.2) is 0 Å². The molecule has 1 aromatic rings. The number of hydrazine groups is 1. The second-order valence-electron chi connectivity index (χ2n) is 2.98. The number of anilines is 1. The minimum Gasteiger partial charge on any atom is -0.481 e. The molecule has 0 atom stereocenters. The zero-order chi connectivity index (χ0) is 12.0. The van der Waals surface area contributed by atoms with Crippen molar-refractivity contribution in [2.75, 3.05) is 17.8 Å². The van der Waals surface area contributed by atoms with Crippen molar-refractivity contribution in [2.24, 2.45) is 0 Å². The summed E-state index contributed by atoms with van der Waals surface area (Å²) in [6, 6.07) is 9.24. The molecule has 0 aliphatic rings. The highest BCUT2D eigenvalue weighted by molar-refractivity contribution is 8.14. The van der Waals surface area contributed by atoms with Gasteiger partial charge in [0.05, 0.1) is 5.69 Å². The van der Waals surface area contributed by atoms with Crippen LogP contribution in [0.5, 0.6) is 0 Å². The van der Waals surface area contributed by atoms with Crippen LogP contribution >= 0.6 is 11.8 Å². The molecule has 86 valence electrons. The van der Waals surface area contributed by atoms with Crippen molar-refractivity contribution in [2.45, 2.75) is 0 Å². The zero-order valence-electron chi connectivity index (χ0n) is 8.71. The van der Waals surface area contributed by atoms with E-state index in [0.29, 0.717) is 11.8 Å². The van der Waals surface area contributed by atoms with E-state index in [0.717, 1.165) is 5.69 Å². The molecule has 0 heterocycles. The quantitative estimate of drug-likeness (QED) is 0.782. The number of aliphatic carboxylic acids is 1. The van der Waals surface area contributed by atoms with Gasteiger partial charge in [-0.1, -0.05) is 30.0 Å². The minimum atomic E-state index is -1.01. The van der Waals surface area contributed by atoms with Crippen LogP contribution in [-0.2, 0) is 4.79 Å². The van der Waals surface area contributed by atoms with Crippen LogP contribution in [0, 0.1) is 0 Å². The molecule has 0 spiro atoms. The first-order valence-electron chi connectivity index (χ1n) is 4.53. The van der Waals surface area contributed by atoms with Crippen LogP contribution in [0.15, 0.2) is 30.3 Å². The van der Waals surface area contributed by atoms with E-state index in [9.17, 15) is 9.59 Å². The Morgan fingerprint density at radius 2 is 2.00 bits per heavy atom. The number of rotatable bonds is 4. The molecule has 1 aromatic carbocycles. The molecule has 0 unspecified atom stereocenters. The third-order valence-electron chi connectivity index (χ3n) is 1.73. The molecular weight excluding hydrogens is 228 g/mol. The van der Waals surface area contributed by atoms with Gasteiger partial charge in [-0.2, -0.15) is 0 Å². The van der Waals surface area contributed by atoms with Crippen molar-refractivity contribution >= 4 is 28.7 Å². The lowest BCUT2D eigenvalue weighted by Gasteiger charge is -2.19. The maximum atomic E-state index is 11.3. The number of benzene rings is 1. The number of carboxylic acids is 1. The highest BCUT2D eigenvalue weighted by Gasteiger charge is 2.08. The summed E-state index contributed by atoms with van der Waals surface area (Å²) in [5.74, 6) is -1.25. The van der Waals surface area contributed by atoms with Crippen LogP contribution in [0.2, 0.25) is 0 Å². The first kappa shape index (κ1) is 12.4. The molecule has 1 rings (SSSR count). The number of carbonyl (C=O) groups is 2. The Kier molecular flexibility index (Phi) is 4.65. The van der Waals surface area contributed by atoms with Gasteiger partial charge >= 0.3 is 5.97 Å². The van der Waals surface area contributed by atoms with Crippen molar-refractivity contribution in [3.63, 3.8) is 0 Å². The summed E-state index contributed by atoms with van der Waals surface area (Å²) in [7, 11) is 1.69. The summed E-state index contributed by atoms with van der Waals surface area (Å²) in [6.07, 6.45) is 0. The highest BCUT2D eigenvalue weighted by Crippen LogP contribution is 2.10. The first-order valence-corrected chi connectivity index (χ1v) is 5.52. The van der Waals surface area contributed by atoms with E-state index in [4.69, 9.17) is 5.11 Å². The van der Waals surface area contributed by atoms with Crippen LogP contribution in [0.1, 0.15) is 0 Å². The molecular formula is C10H12N2O3S. The topological polar surface area (TPSA) is 69.6 Å². The Morgan fingerprint density at radius 1 is 1.38 bits per heavy atom. The lowest BCUT2D eigenvalue weighted by Crippen LogP contribution is -2.37. The Labute approximate surface area is 97.4 Å². The summed E-state index contributed by atoms with van der Waals surface area (Å²) in [6.45, 7) is 0. The van der Waals surface area contributed by atoms with E-state index in [1.807, 2.05) is 30.3 Å². The van der Waals surface area contributed by atoms with Crippen molar-refractivity contribution in [1.82, 2.24) is 5.43 Å². The lowest BCUT2D eigenvalue weighted by atomic mass is 10.3. The smallest absolute Gasteiger partial charge is 0.314 e. The van der Waals surface area contributed by atoms with Crippen molar-refractivity contribution in [1.29, 1.82) is 0 Å². The monoisotopic (exact) mass is 240 g/mol. The van der Waals surface area contributed by atoms with E-state index < -0.39 is 11.2 Å². The fraction of sp³-hybridized carbons (Fsp3) is 0.200. The van der Waals surface area contributed by atoms with Gasteiger partial charge < -0.3 is 5.11 Å². The number of thioether (sulfide) groups is 1. The number of amides is 1. The van der Waals surface area contributed by atoms with Gasteiger partial charge in [0.2, 0.25) is 0 Å². The summed E-state index contributed by atoms with van der Waals surface area (Å²) < 4.78 is 0. The van der Waals surface area contributed by atoms with Crippen molar-refractivity contribution in [3.8, 4) is 0 Å². The number of nitrogens with zero attached hydrogens (tertiary/aromatic N) is 1. The lowest BCUT2D eigenvalue weighted by molar-refractivity contribution is -0.133. The molecule has 0 aliphatic carbocycles. The van der Waals surface area contributed by atoms with Crippen LogP contribution in [0.4, 0.5) is 10.5 Å². The Hall–Kier alpha value is -1.69. The molecule has 1 amide bonds. The zero-order valence-corrected chi connectivity index (χ0v) is 9.53. The average Bonchev–Trinajstić information content (AvgIpc) is 2.27. The third kappa shape index (κ3) is 4.22. The van der Waals surface area contributed by atoms with Gasteiger partial charge in [-0.05, 0) is 12.1 Å². The second kappa shape index (κ2) is 6.02. The third-order valence-corrected chi connectivity index (χ3v) is 2.47. The van der Waals surface area contributed by atoms with Gasteiger partial charge in [-0.3, -0.25) is 20.0 Å². The van der Waals surface area contributed by atoms with E-state index in [-0.39, 0.29) is 5.75 Å². The largest absolute Gasteiger partial charge is 0.481 e. The molecule has 0 radical (unpaired) electrons. The van der Waals surface area contributed by atoms with Gasteiger partial charge in [0.1, 0.15) is 5.75 Å². The molecule has 6 heteroatoms. The molecule has 0 aliphatic heterocycles. The van der Waals surface area contributed by atoms with E-state index >= 15 is 0 Å². The molecule has 16 heavy (non-hydrogen) atoms. The molecule has 0 aromatic heterocycles. The summed E-state index contributed by atoms with van der Waals surface area (Å²) >= 11 is 0.716. The normalized spacial score (nSPS) is 9.56. The SMILES string of the molecule is CN(NC(=O)SCC(=O)O)c1ccccc1. The van der Waals surface area contributed by atoms with Gasteiger partial charge in [-0.25, -0.2) is 0 Å². The Balaban J connectivity index is 2.43. The van der Waals surface area contributed by atoms with Crippen molar-refractivity contribution < 1.29 is 14.7 Å². The van der Waals surface area contributed by atoms with Crippen LogP contribution in [0.25, 0.3) is 0 Å². The number of hydrogen-bond acceptors (Lipinski definition) is 4. The van der Waals surface area contributed by atoms with Crippen LogP contribution < -0.4 is 10.4 Å². The Morgan fingerprint density at radius 3 is 2.56 bits per heavy atom. The summed E-state index contributed by atoms with van der Waals surface area (Å²) in [4.78, 5) is 21.5. The molecule has 0 bridgehead atoms. The molecule has 5 nitrogen and oxygen atoms in total. The number of nitrogens with one attached hydrogen (secondary N) is 1. The predicted octanol–water partition coefficient (Wildman–Crippen LogP) is 1.57. The van der Waals surface area contributed by atoms with Crippen LogP contribution in [-0.4, -0.2) is 29.1 Å². The average molecular weight is 240 g/mol. The molecule has 0 fully saturated rings. The van der Waals surface area contributed by atoms with E-state index in [2.05, 4.69) is 5.43 Å². The highest BCUT2D eigenvalue weighted by atomic mass is 32.2.